The lowest BCUT2D eigenvalue weighted by Gasteiger charge is -2.11. The van der Waals surface area contributed by atoms with Crippen molar-refractivity contribution in [2.75, 3.05) is 18.5 Å². The maximum absolute atomic E-state index is 12.8. The van der Waals surface area contributed by atoms with Crippen molar-refractivity contribution in [3.05, 3.63) is 29.0 Å². The van der Waals surface area contributed by atoms with Gasteiger partial charge in [0.2, 0.25) is 0 Å². The molecule has 1 aromatic rings. The molecule has 1 saturated heterocycles. The average molecular weight is 244 g/mol. The number of nitrogens with one attached hydrogen (secondary N) is 1. The number of hydrogen-bond donors (Lipinski definition) is 1. The van der Waals surface area contributed by atoms with E-state index in [1.807, 2.05) is 0 Å². The van der Waals surface area contributed by atoms with Crippen molar-refractivity contribution in [1.29, 1.82) is 0 Å². The first-order chi connectivity index (χ1) is 7.75. The van der Waals surface area contributed by atoms with E-state index >= 15 is 0 Å². The zero-order chi connectivity index (χ0) is 11.4. The number of ether oxygens (including phenoxy) is 1. The van der Waals surface area contributed by atoms with Gasteiger partial charge in [0.15, 0.2) is 0 Å². The van der Waals surface area contributed by atoms with E-state index in [0.717, 1.165) is 38.1 Å². The van der Waals surface area contributed by atoms with Crippen LogP contribution in [0.5, 0.6) is 0 Å². The number of hydrogen-bond acceptors (Lipinski definition) is 2. The topological polar surface area (TPSA) is 21.3 Å². The highest BCUT2D eigenvalue weighted by Gasteiger charge is 2.14. The van der Waals surface area contributed by atoms with Crippen LogP contribution in [0.1, 0.15) is 19.3 Å². The summed E-state index contributed by atoms with van der Waals surface area (Å²) in [5, 5.41) is 3.61. The molecule has 0 bridgehead atoms. The first-order valence-corrected chi connectivity index (χ1v) is 5.94. The van der Waals surface area contributed by atoms with Crippen LogP contribution in [0, 0.1) is 5.82 Å². The van der Waals surface area contributed by atoms with E-state index in [9.17, 15) is 4.39 Å². The summed E-state index contributed by atoms with van der Waals surface area (Å²) in [6.45, 7) is 1.68. The molecule has 0 amide bonds. The molecule has 88 valence electrons. The van der Waals surface area contributed by atoms with Crippen LogP contribution in [0.15, 0.2) is 18.2 Å². The standard InChI is InChI=1S/C12H15ClFNO/c13-11-8-9(14)3-4-12(11)15-6-5-10-2-1-7-16-10/h3-4,8,10,15H,1-2,5-7H2. The molecule has 0 aromatic heterocycles. The molecular formula is C12H15ClFNO. The van der Waals surface area contributed by atoms with Crippen LogP contribution >= 0.6 is 11.6 Å². The maximum Gasteiger partial charge on any atom is 0.124 e. The van der Waals surface area contributed by atoms with E-state index in [1.54, 1.807) is 6.07 Å². The molecule has 1 aliphatic heterocycles. The molecule has 1 unspecified atom stereocenters. The normalized spacial score (nSPS) is 20.0. The average Bonchev–Trinajstić information content (AvgIpc) is 2.74. The van der Waals surface area contributed by atoms with Gasteiger partial charge >= 0.3 is 0 Å². The van der Waals surface area contributed by atoms with Gasteiger partial charge in [-0.2, -0.15) is 0 Å². The summed E-state index contributed by atoms with van der Waals surface area (Å²) in [7, 11) is 0. The molecule has 0 spiro atoms. The van der Waals surface area contributed by atoms with Crippen molar-refractivity contribution in [2.45, 2.75) is 25.4 Å². The lowest BCUT2D eigenvalue weighted by molar-refractivity contribution is 0.107. The first kappa shape index (κ1) is 11.7. The molecule has 1 atom stereocenters. The first-order valence-electron chi connectivity index (χ1n) is 5.56. The van der Waals surface area contributed by atoms with Gasteiger partial charge in [-0.15, -0.1) is 0 Å². The summed E-state index contributed by atoms with van der Waals surface area (Å²) in [6.07, 6.45) is 3.63. The number of halogens is 2. The minimum atomic E-state index is -0.310. The van der Waals surface area contributed by atoms with Crippen LogP contribution < -0.4 is 5.32 Å². The highest BCUT2D eigenvalue weighted by Crippen LogP contribution is 2.23. The molecular weight excluding hydrogens is 229 g/mol. The van der Waals surface area contributed by atoms with Crippen molar-refractivity contribution >= 4 is 17.3 Å². The fourth-order valence-corrected chi connectivity index (χ4v) is 2.11. The minimum Gasteiger partial charge on any atom is -0.384 e. The zero-order valence-corrected chi connectivity index (χ0v) is 9.77. The van der Waals surface area contributed by atoms with Gasteiger partial charge in [0.25, 0.3) is 0 Å². The minimum absolute atomic E-state index is 0.310. The largest absolute Gasteiger partial charge is 0.384 e. The molecule has 0 saturated carbocycles. The van der Waals surface area contributed by atoms with E-state index in [0.29, 0.717) is 11.1 Å². The van der Waals surface area contributed by atoms with Crippen molar-refractivity contribution in [2.24, 2.45) is 0 Å². The molecule has 4 heteroatoms. The summed E-state index contributed by atoms with van der Waals surface area (Å²) in [5.41, 5.74) is 0.779. The smallest absolute Gasteiger partial charge is 0.124 e. The predicted octanol–water partition coefficient (Wildman–Crippen LogP) is 3.46. The Labute approximate surface area is 99.7 Å². The van der Waals surface area contributed by atoms with Crippen LogP contribution in [0.25, 0.3) is 0 Å². The second-order valence-electron chi connectivity index (χ2n) is 3.97. The van der Waals surface area contributed by atoms with Gasteiger partial charge in [0.1, 0.15) is 5.82 Å². The number of rotatable bonds is 4. The number of benzene rings is 1. The van der Waals surface area contributed by atoms with Crippen molar-refractivity contribution in [1.82, 2.24) is 0 Å². The Morgan fingerprint density at radius 3 is 3.06 bits per heavy atom. The summed E-state index contributed by atoms with van der Waals surface area (Å²) >= 11 is 5.89. The molecule has 1 heterocycles. The van der Waals surface area contributed by atoms with E-state index in [4.69, 9.17) is 16.3 Å². The predicted molar refractivity (Wildman–Crippen MR) is 63.5 cm³/mol. The van der Waals surface area contributed by atoms with Gasteiger partial charge < -0.3 is 10.1 Å². The third-order valence-corrected chi connectivity index (χ3v) is 3.05. The Kier molecular flexibility index (Phi) is 4.02. The third kappa shape index (κ3) is 3.09. The molecule has 0 radical (unpaired) electrons. The second kappa shape index (κ2) is 5.51. The molecule has 1 aliphatic rings. The fraction of sp³-hybridized carbons (Fsp3) is 0.500. The summed E-state index contributed by atoms with van der Waals surface area (Å²) in [5.74, 6) is -0.310. The SMILES string of the molecule is Fc1ccc(NCCC2CCCO2)c(Cl)c1. The summed E-state index contributed by atoms with van der Waals surface area (Å²) in [6, 6.07) is 4.38. The quantitative estimate of drug-likeness (QED) is 0.875. The molecule has 1 fully saturated rings. The number of anilines is 1. The van der Waals surface area contributed by atoms with Crippen LogP contribution in [-0.4, -0.2) is 19.3 Å². The van der Waals surface area contributed by atoms with Gasteiger partial charge in [-0.05, 0) is 37.5 Å². The van der Waals surface area contributed by atoms with Gasteiger partial charge in [-0.1, -0.05) is 11.6 Å². The van der Waals surface area contributed by atoms with Gasteiger partial charge in [0.05, 0.1) is 16.8 Å². The molecule has 16 heavy (non-hydrogen) atoms. The highest BCUT2D eigenvalue weighted by molar-refractivity contribution is 6.33. The van der Waals surface area contributed by atoms with Crippen LogP contribution in [0.2, 0.25) is 5.02 Å². The molecule has 0 aliphatic carbocycles. The molecule has 2 nitrogen and oxygen atoms in total. The summed E-state index contributed by atoms with van der Waals surface area (Å²) in [4.78, 5) is 0. The van der Waals surface area contributed by atoms with Gasteiger partial charge in [-0.3, -0.25) is 0 Å². The van der Waals surface area contributed by atoms with Gasteiger partial charge in [0, 0.05) is 13.2 Å². The Morgan fingerprint density at radius 2 is 2.38 bits per heavy atom. The van der Waals surface area contributed by atoms with Crippen molar-refractivity contribution in [3.63, 3.8) is 0 Å². The van der Waals surface area contributed by atoms with Crippen molar-refractivity contribution in [3.8, 4) is 0 Å². The van der Waals surface area contributed by atoms with Crippen LogP contribution in [-0.2, 0) is 4.74 Å². The second-order valence-corrected chi connectivity index (χ2v) is 4.38. The molecule has 1 aromatic carbocycles. The Bertz CT molecular complexity index is 353. The van der Waals surface area contributed by atoms with E-state index < -0.39 is 0 Å². The highest BCUT2D eigenvalue weighted by atomic mass is 35.5. The third-order valence-electron chi connectivity index (χ3n) is 2.74. The Hall–Kier alpha value is -0.800. The molecule has 2 rings (SSSR count). The lowest BCUT2D eigenvalue weighted by Crippen LogP contribution is -2.12. The van der Waals surface area contributed by atoms with Crippen molar-refractivity contribution < 1.29 is 9.13 Å². The van der Waals surface area contributed by atoms with E-state index in [1.165, 1.54) is 12.1 Å². The molecule has 1 N–H and O–H groups in total. The Balaban J connectivity index is 1.80. The fourth-order valence-electron chi connectivity index (χ4n) is 1.87. The monoisotopic (exact) mass is 243 g/mol. The van der Waals surface area contributed by atoms with E-state index in [-0.39, 0.29) is 5.82 Å². The Morgan fingerprint density at radius 1 is 1.50 bits per heavy atom. The maximum atomic E-state index is 12.8. The lowest BCUT2D eigenvalue weighted by atomic mass is 10.2. The zero-order valence-electron chi connectivity index (χ0n) is 9.01. The van der Waals surface area contributed by atoms with Crippen LogP contribution in [0.3, 0.4) is 0 Å². The summed E-state index contributed by atoms with van der Waals surface area (Å²) < 4.78 is 18.3. The van der Waals surface area contributed by atoms with Crippen LogP contribution in [0.4, 0.5) is 10.1 Å². The van der Waals surface area contributed by atoms with E-state index in [2.05, 4.69) is 5.32 Å². The van der Waals surface area contributed by atoms with Gasteiger partial charge in [-0.25, -0.2) is 4.39 Å².